The highest BCUT2D eigenvalue weighted by atomic mass is 16.2. The van der Waals surface area contributed by atoms with Gasteiger partial charge in [0.25, 0.3) is 5.91 Å². The molecule has 1 aliphatic heterocycles. The van der Waals surface area contributed by atoms with Crippen molar-refractivity contribution < 1.29 is 9.59 Å². The molecule has 1 saturated heterocycles. The monoisotopic (exact) mass is 394 g/mol. The second-order valence-corrected chi connectivity index (χ2v) is 8.08. The van der Waals surface area contributed by atoms with Crippen LogP contribution in [0.5, 0.6) is 0 Å². The number of carbonyl (C=O) groups is 2. The van der Waals surface area contributed by atoms with Crippen molar-refractivity contribution in [2.24, 2.45) is 11.8 Å². The molecule has 0 unspecified atom stereocenters. The Bertz CT molecular complexity index is 805. The van der Waals surface area contributed by atoms with Gasteiger partial charge in [0.15, 0.2) is 0 Å². The van der Waals surface area contributed by atoms with Crippen LogP contribution in [0.2, 0.25) is 0 Å². The summed E-state index contributed by atoms with van der Waals surface area (Å²) >= 11 is 0. The molecule has 2 aromatic heterocycles. The van der Waals surface area contributed by atoms with E-state index in [0.717, 1.165) is 37.3 Å². The summed E-state index contributed by atoms with van der Waals surface area (Å²) in [6.07, 6.45) is 6.56. The Morgan fingerprint density at radius 3 is 2.76 bits per heavy atom. The van der Waals surface area contributed by atoms with Crippen molar-refractivity contribution in [2.75, 3.05) is 25.0 Å². The predicted molar refractivity (Wildman–Crippen MR) is 114 cm³/mol. The Morgan fingerprint density at radius 1 is 1.21 bits per heavy atom. The molecule has 2 aromatic rings. The lowest BCUT2D eigenvalue weighted by atomic mass is 9.89. The van der Waals surface area contributed by atoms with Gasteiger partial charge in [-0.15, -0.1) is 0 Å². The Labute approximate surface area is 172 Å². The van der Waals surface area contributed by atoms with E-state index in [1.165, 1.54) is 0 Å². The van der Waals surface area contributed by atoms with Crippen LogP contribution >= 0.6 is 0 Å². The van der Waals surface area contributed by atoms with Gasteiger partial charge in [0.1, 0.15) is 11.6 Å². The predicted octanol–water partition coefficient (Wildman–Crippen LogP) is 3.60. The second-order valence-electron chi connectivity index (χ2n) is 8.08. The summed E-state index contributed by atoms with van der Waals surface area (Å²) in [4.78, 5) is 35.7. The zero-order valence-electron chi connectivity index (χ0n) is 17.3. The van der Waals surface area contributed by atoms with Crippen molar-refractivity contribution in [3.8, 4) is 0 Å². The summed E-state index contributed by atoms with van der Waals surface area (Å²) in [5.41, 5.74) is 1.59. The summed E-state index contributed by atoms with van der Waals surface area (Å²) in [6.45, 7) is 6.06. The average molecular weight is 395 g/mol. The summed E-state index contributed by atoms with van der Waals surface area (Å²) in [7, 11) is 0. The van der Waals surface area contributed by atoms with Gasteiger partial charge in [0.2, 0.25) is 0 Å². The molecular formula is C23H30N4O2. The third kappa shape index (κ3) is 6.11. The van der Waals surface area contributed by atoms with Crippen LogP contribution in [0.15, 0.2) is 42.7 Å². The van der Waals surface area contributed by atoms with Crippen LogP contribution in [0, 0.1) is 11.8 Å². The molecule has 0 aliphatic carbocycles. The van der Waals surface area contributed by atoms with Crippen molar-refractivity contribution in [1.29, 1.82) is 0 Å². The maximum atomic E-state index is 12.8. The standard InChI is InChI=1S/C23H30N4O2/c1-17(2)14-21(28)19-6-5-13-27(16-19)23(29)18-8-9-22(26-15-18)25-12-10-20-7-3-4-11-24-20/h3-4,7-9,11,15,17,19H,5-6,10,12-14,16H2,1-2H3,(H,25,26)/t19-/m0/s1. The minimum Gasteiger partial charge on any atom is -0.370 e. The summed E-state index contributed by atoms with van der Waals surface area (Å²) in [6, 6.07) is 9.51. The number of nitrogens with one attached hydrogen (secondary N) is 1. The highest BCUT2D eigenvalue weighted by molar-refractivity contribution is 5.94. The maximum Gasteiger partial charge on any atom is 0.255 e. The van der Waals surface area contributed by atoms with Crippen LogP contribution in [-0.4, -0.2) is 46.2 Å². The minimum atomic E-state index is -0.0421. The molecule has 29 heavy (non-hydrogen) atoms. The van der Waals surface area contributed by atoms with Gasteiger partial charge < -0.3 is 10.2 Å². The first-order chi connectivity index (χ1) is 14.0. The fourth-order valence-electron chi connectivity index (χ4n) is 3.67. The molecule has 6 nitrogen and oxygen atoms in total. The van der Waals surface area contributed by atoms with Gasteiger partial charge in [-0.05, 0) is 43.0 Å². The van der Waals surface area contributed by atoms with E-state index in [2.05, 4.69) is 29.1 Å². The summed E-state index contributed by atoms with van der Waals surface area (Å²) < 4.78 is 0. The first kappa shape index (κ1) is 21.0. The van der Waals surface area contributed by atoms with E-state index in [-0.39, 0.29) is 17.6 Å². The normalized spacial score (nSPS) is 16.7. The molecule has 0 radical (unpaired) electrons. The van der Waals surface area contributed by atoms with E-state index in [4.69, 9.17) is 0 Å². The SMILES string of the molecule is CC(C)CC(=O)[C@H]1CCCN(C(=O)c2ccc(NCCc3ccccn3)nc2)C1. The Balaban J connectivity index is 1.52. The van der Waals surface area contributed by atoms with Crippen LogP contribution in [0.1, 0.15) is 49.2 Å². The first-order valence-corrected chi connectivity index (χ1v) is 10.4. The third-order valence-electron chi connectivity index (χ3n) is 5.20. The zero-order chi connectivity index (χ0) is 20.6. The van der Waals surface area contributed by atoms with E-state index in [1.807, 2.05) is 24.3 Å². The third-order valence-corrected chi connectivity index (χ3v) is 5.20. The highest BCUT2D eigenvalue weighted by Gasteiger charge is 2.29. The lowest BCUT2D eigenvalue weighted by Gasteiger charge is -2.32. The maximum absolute atomic E-state index is 12.8. The molecule has 0 saturated carbocycles. The Morgan fingerprint density at radius 2 is 2.07 bits per heavy atom. The number of piperidine rings is 1. The Kier molecular flexibility index (Phi) is 7.33. The van der Waals surface area contributed by atoms with Crippen LogP contribution in [0.4, 0.5) is 5.82 Å². The van der Waals surface area contributed by atoms with Gasteiger partial charge in [0.05, 0.1) is 5.56 Å². The van der Waals surface area contributed by atoms with Gasteiger partial charge in [-0.25, -0.2) is 4.98 Å². The molecule has 0 aromatic carbocycles. The van der Waals surface area contributed by atoms with E-state index < -0.39 is 0 Å². The van der Waals surface area contributed by atoms with Gasteiger partial charge in [0, 0.05) is 56.5 Å². The van der Waals surface area contributed by atoms with Crippen LogP contribution in [0.25, 0.3) is 0 Å². The molecule has 6 heteroatoms. The van der Waals surface area contributed by atoms with Crippen LogP contribution in [0.3, 0.4) is 0 Å². The number of hydrogen-bond acceptors (Lipinski definition) is 5. The molecule has 154 valence electrons. The smallest absolute Gasteiger partial charge is 0.255 e. The number of nitrogens with zero attached hydrogens (tertiary/aromatic N) is 3. The molecule has 1 amide bonds. The number of carbonyl (C=O) groups excluding carboxylic acids is 2. The molecule has 1 aliphatic rings. The minimum absolute atomic E-state index is 0.0319. The van der Waals surface area contributed by atoms with E-state index in [0.29, 0.717) is 31.0 Å². The van der Waals surface area contributed by atoms with E-state index >= 15 is 0 Å². The van der Waals surface area contributed by atoms with E-state index in [1.54, 1.807) is 23.4 Å². The topological polar surface area (TPSA) is 75.2 Å². The number of amides is 1. The number of pyridine rings is 2. The quantitative estimate of drug-likeness (QED) is 0.740. The number of ketones is 1. The number of anilines is 1. The zero-order valence-corrected chi connectivity index (χ0v) is 17.3. The molecule has 0 spiro atoms. The lowest BCUT2D eigenvalue weighted by molar-refractivity contribution is -0.124. The van der Waals surface area contributed by atoms with Crippen molar-refractivity contribution in [3.63, 3.8) is 0 Å². The van der Waals surface area contributed by atoms with Gasteiger partial charge in [-0.3, -0.25) is 14.6 Å². The van der Waals surface area contributed by atoms with Crippen LogP contribution < -0.4 is 5.32 Å². The molecular weight excluding hydrogens is 364 g/mol. The highest BCUT2D eigenvalue weighted by Crippen LogP contribution is 2.22. The largest absolute Gasteiger partial charge is 0.370 e. The van der Waals surface area contributed by atoms with Crippen LogP contribution in [-0.2, 0) is 11.2 Å². The molecule has 1 N–H and O–H groups in total. The molecule has 1 atom stereocenters. The van der Waals surface area contributed by atoms with Gasteiger partial charge in [-0.2, -0.15) is 0 Å². The molecule has 3 heterocycles. The fourth-order valence-corrected chi connectivity index (χ4v) is 3.67. The second kappa shape index (κ2) is 10.1. The molecule has 0 bridgehead atoms. The number of hydrogen-bond donors (Lipinski definition) is 1. The average Bonchev–Trinajstić information content (AvgIpc) is 2.74. The summed E-state index contributed by atoms with van der Waals surface area (Å²) in [5.74, 6) is 1.30. The van der Waals surface area contributed by atoms with Gasteiger partial charge >= 0.3 is 0 Å². The lowest BCUT2D eigenvalue weighted by Crippen LogP contribution is -2.42. The van der Waals surface area contributed by atoms with Crippen molar-refractivity contribution in [2.45, 2.75) is 39.5 Å². The number of aromatic nitrogens is 2. The number of rotatable bonds is 8. The number of Topliss-reactive ketones (excluding diaryl/α,β-unsaturated/α-hetero) is 1. The van der Waals surface area contributed by atoms with Gasteiger partial charge in [-0.1, -0.05) is 19.9 Å². The summed E-state index contributed by atoms with van der Waals surface area (Å²) in [5, 5.41) is 3.26. The molecule has 1 fully saturated rings. The molecule has 3 rings (SSSR count). The first-order valence-electron chi connectivity index (χ1n) is 10.4. The van der Waals surface area contributed by atoms with Crippen molar-refractivity contribution >= 4 is 17.5 Å². The van der Waals surface area contributed by atoms with E-state index in [9.17, 15) is 9.59 Å². The van der Waals surface area contributed by atoms with Crippen molar-refractivity contribution in [1.82, 2.24) is 14.9 Å². The van der Waals surface area contributed by atoms with Crippen molar-refractivity contribution in [3.05, 3.63) is 54.0 Å². The number of likely N-dealkylation sites (tertiary alicyclic amines) is 1. The fraction of sp³-hybridized carbons (Fsp3) is 0.478. The Hall–Kier alpha value is -2.76.